The molecule has 0 amide bonds. The fourth-order valence-corrected chi connectivity index (χ4v) is 3.49. The van der Waals surface area contributed by atoms with Crippen LogP contribution in [-0.2, 0) is 9.53 Å². The quantitative estimate of drug-likeness (QED) is 0.594. The smallest absolute Gasteiger partial charge is 0.308 e. The van der Waals surface area contributed by atoms with Gasteiger partial charge in [-0.2, -0.15) is 0 Å². The maximum atomic E-state index is 12.2. The molecule has 7 heteroatoms. The zero-order valence-electron chi connectivity index (χ0n) is 11.8. The Morgan fingerprint density at radius 3 is 2.71 bits per heavy atom. The summed E-state index contributed by atoms with van der Waals surface area (Å²) in [6.07, 6.45) is 0.123. The van der Waals surface area contributed by atoms with Crippen molar-refractivity contribution in [3.8, 4) is 5.88 Å². The molecule has 2 heterocycles. The van der Waals surface area contributed by atoms with E-state index in [1.807, 2.05) is 6.07 Å². The molecule has 0 aromatic carbocycles. The van der Waals surface area contributed by atoms with Crippen molar-refractivity contribution in [2.75, 3.05) is 14.2 Å². The summed E-state index contributed by atoms with van der Waals surface area (Å²) in [4.78, 5) is 28.5. The number of hydrogen-bond donors (Lipinski definition) is 0. The number of carbonyl (C=O) groups is 2. The molecule has 0 fully saturated rings. The molecule has 0 unspecified atom stereocenters. The lowest BCUT2D eigenvalue weighted by molar-refractivity contribution is -0.144. The molecule has 2 rings (SSSR count). The van der Waals surface area contributed by atoms with Crippen LogP contribution in [0.3, 0.4) is 0 Å². The van der Waals surface area contributed by atoms with E-state index in [2.05, 4.69) is 25.7 Å². The number of hydrogen-bond acceptors (Lipinski definition) is 6. The van der Waals surface area contributed by atoms with Gasteiger partial charge < -0.3 is 9.47 Å². The highest BCUT2D eigenvalue weighted by molar-refractivity contribution is 9.10. The molecule has 112 valence electrons. The number of halogens is 1. The number of esters is 1. The van der Waals surface area contributed by atoms with Gasteiger partial charge in [0, 0.05) is 6.42 Å². The highest BCUT2D eigenvalue weighted by Crippen LogP contribution is 2.32. The third-order valence-electron chi connectivity index (χ3n) is 2.99. The van der Waals surface area contributed by atoms with E-state index < -0.39 is 5.92 Å². The fourth-order valence-electron chi connectivity index (χ4n) is 1.87. The van der Waals surface area contributed by atoms with E-state index in [1.165, 1.54) is 25.6 Å². The van der Waals surface area contributed by atoms with E-state index >= 15 is 0 Å². The Hall–Kier alpha value is -1.47. The predicted molar refractivity (Wildman–Crippen MR) is 84.0 cm³/mol. The van der Waals surface area contributed by atoms with Crippen molar-refractivity contribution in [1.29, 1.82) is 0 Å². The van der Waals surface area contributed by atoms with Gasteiger partial charge in [-0.25, -0.2) is 4.98 Å². The van der Waals surface area contributed by atoms with Gasteiger partial charge in [0.1, 0.15) is 0 Å². The van der Waals surface area contributed by atoms with Crippen LogP contribution in [0, 0.1) is 5.92 Å². The zero-order chi connectivity index (χ0) is 15.6. The standard InChI is InChI=1S/C14H14BrNO4S/c1-7(14(18)20-3)4-10(17)12-6-9-11(21-12)5-8(15)13(16-9)19-2/h5-7H,4H2,1-3H3/t7-/m0/s1. The summed E-state index contributed by atoms with van der Waals surface area (Å²) in [6.45, 7) is 1.68. The van der Waals surface area contributed by atoms with Gasteiger partial charge in [0.15, 0.2) is 5.78 Å². The van der Waals surface area contributed by atoms with Crippen LogP contribution in [0.2, 0.25) is 0 Å². The second kappa shape index (κ2) is 6.53. The molecule has 0 bridgehead atoms. The average molecular weight is 372 g/mol. The Balaban J connectivity index is 2.26. The van der Waals surface area contributed by atoms with Gasteiger partial charge in [-0.15, -0.1) is 11.3 Å². The molecule has 0 aliphatic carbocycles. The Morgan fingerprint density at radius 1 is 1.38 bits per heavy atom. The van der Waals surface area contributed by atoms with Crippen LogP contribution in [-0.4, -0.2) is 31.0 Å². The van der Waals surface area contributed by atoms with Gasteiger partial charge in [0.25, 0.3) is 0 Å². The van der Waals surface area contributed by atoms with Crippen molar-refractivity contribution in [1.82, 2.24) is 4.98 Å². The molecule has 2 aromatic heterocycles. The lowest BCUT2D eigenvalue weighted by Crippen LogP contribution is -2.16. The summed E-state index contributed by atoms with van der Waals surface area (Å²) >= 11 is 4.72. The number of ketones is 1. The van der Waals surface area contributed by atoms with E-state index in [9.17, 15) is 9.59 Å². The molecule has 1 atom stereocenters. The minimum atomic E-state index is -0.457. The monoisotopic (exact) mass is 371 g/mol. The van der Waals surface area contributed by atoms with Crippen LogP contribution in [0.4, 0.5) is 0 Å². The summed E-state index contributed by atoms with van der Waals surface area (Å²) in [5.41, 5.74) is 0.703. The molecular formula is C14H14BrNO4S. The number of fused-ring (bicyclic) bond motifs is 1. The van der Waals surface area contributed by atoms with Crippen LogP contribution < -0.4 is 4.74 Å². The summed E-state index contributed by atoms with van der Waals surface area (Å²) < 4.78 is 11.4. The van der Waals surface area contributed by atoms with Gasteiger partial charge >= 0.3 is 5.97 Å². The van der Waals surface area contributed by atoms with Crippen molar-refractivity contribution in [2.45, 2.75) is 13.3 Å². The number of rotatable bonds is 5. The van der Waals surface area contributed by atoms with Gasteiger partial charge in [0.2, 0.25) is 5.88 Å². The number of ether oxygens (including phenoxy) is 2. The van der Waals surface area contributed by atoms with Gasteiger partial charge in [-0.3, -0.25) is 9.59 Å². The number of carbonyl (C=O) groups excluding carboxylic acids is 2. The highest BCUT2D eigenvalue weighted by Gasteiger charge is 2.20. The Labute approximate surface area is 134 Å². The molecule has 0 aliphatic rings. The first-order chi connectivity index (χ1) is 9.96. The topological polar surface area (TPSA) is 65.5 Å². The van der Waals surface area contributed by atoms with Crippen LogP contribution in [0.25, 0.3) is 10.2 Å². The Kier molecular flexibility index (Phi) is 4.95. The van der Waals surface area contributed by atoms with E-state index in [0.29, 0.717) is 16.3 Å². The first-order valence-corrected chi connectivity index (χ1v) is 7.82. The Morgan fingerprint density at radius 2 is 2.10 bits per heavy atom. The lowest BCUT2D eigenvalue weighted by Gasteiger charge is -2.06. The first kappa shape index (κ1) is 15.9. The summed E-state index contributed by atoms with van der Waals surface area (Å²) in [7, 11) is 2.85. The first-order valence-electron chi connectivity index (χ1n) is 6.21. The summed E-state index contributed by atoms with van der Waals surface area (Å²) in [6, 6.07) is 3.59. The number of nitrogens with zero attached hydrogens (tertiary/aromatic N) is 1. The van der Waals surface area contributed by atoms with Crippen molar-refractivity contribution < 1.29 is 19.1 Å². The van der Waals surface area contributed by atoms with E-state index in [-0.39, 0.29) is 18.2 Å². The van der Waals surface area contributed by atoms with Gasteiger partial charge in [0.05, 0.1) is 39.7 Å². The molecule has 0 radical (unpaired) electrons. The number of thiophene rings is 1. The number of aromatic nitrogens is 1. The maximum Gasteiger partial charge on any atom is 0.308 e. The molecule has 2 aromatic rings. The molecule has 0 N–H and O–H groups in total. The second-order valence-corrected chi connectivity index (χ2v) is 6.46. The zero-order valence-corrected chi connectivity index (χ0v) is 14.2. The SMILES string of the molecule is COC(=O)[C@@H](C)CC(=O)c1cc2nc(OC)c(Br)cc2s1. The highest BCUT2D eigenvalue weighted by atomic mass is 79.9. The molecule has 0 saturated heterocycles. The largest absolute Gasteiger partial charge is 0.480 e. The van der Waals surface area contributed by atoms with Crippen LogP contribution in [0.5, 0.6) is 5.88 Å². The van der Waals surface area contributed by atoms with E-state index in [1.54, 1.807) is 13.0 Å². The fraction of sp³-hybridized carbons (Fsp3) is 0.357. The van der Waals surface area contributed by atoms with Gasteiger partial charge in [-0.05, 0) is 28.1 Å². The third-order valence-corrected chi connectivity index (χ3v) is 4.67. The summed E-state index contributed by atoms with van der Waals surface area (Å²) in [5, 5.41) is 0. The molecule has 0 saturated carbocycles. The predicted octanol–water partition coefficient (Wildman–Crippen LogP) is 3.45. The normalized spacial score (nSPS) is 12.2. The Bertz CT molecular complexity index is 698. The minimum absolute atomic E-state index is 0.0917. The van der Waals surface area contributed by atoms with E-state index in [4.69, 9.17) is 4.74 Å². The third kappa shape index (κ3) is 3.41. The summed E-state index contributed by atoms with van der Waals surface area (Å²) in [5.74, 6) is -0.456. The van der Waals surface area contributed by atoms with Crippen LogP contribution in [0.15, 0.2) is 16.6 Å². The average Bonchev–Trinajstić information content (AvgIpc) is 2.87. The minimum Gasteiger partial charge on any atom is -0.480 e. The molecule has 5 nitrogen and oxygen atoms in total. The number of Topliss-reactive ketones (excluding diaryl/α,β-unsaturated/α-hetero) is 1. The van der Waals surface area contributed by atoms with Crippen LogP contribution in [0.1, 0.15) is 23.0 Å². The second-order valence-electron chi connectivity index (χ2n) is 4.53. The maximum absolute atomic E-state index is 12.2. The van der Waals surface area contributed by atoms with Crippen molar-refractivity contribution in [3.05, 3.63) is 21.5 Å². The van der Waals surface area contributed by atoms with Crippen molar-refractivity contribution in [3.63, 3.8) is 0 Å². The number of methoxy groups -OCH3 is 2. The van der Waals surface area contributed by atoms with Gasteiger partial charge in [-0.1, -0.05) is 6.92 Å². The number of pyridine rings is 1. The molecule has 0 spiro atoms. The molecule has 21 heavy (non-hydrogen) atoms. The van der Waals surface area contributed by atoms with E-state index in [0.717, 1.165) is 9.17 Å². The molecule has 0 aliphatic heterocycles. The lowest BCUT2D eigenvalue weighted by atomic mass is 10.0. The van der Waals surface area contributed by atoms with Crippen molar-refractivity contribution >= 4 is 49.2 Å². The van der Waals surface area contributed by atoms with Crippen molar-refractivity contribution in [2.24, 2.45) is 5.92 Å². The molecular weight excluding hydrogens is 358 g/mol. The van der Waals surface area contributed by atoms with Crippen LogP contribution >= 0.6 is 27.3 Å².